The number of hydrogen-bond donors (Lipinski definition) is 1. The Labute approximate surface area is 174 Å². The molecule has 0 aliphatic rings. The van der Waals surface area contributed by atoms with Gasteiger partial charge >= 0.3 is 0 Å². The third-order valence-corrected chi connectivity index (χ3v) is 5.53. The minimum Gasteiger partial charge on any atom is -0.360 e. The third-order valence-electron chi connectivity index (χ3n) is 3.95. The Kier molecular flexibility index (Phi) is 5.13. The Bertz CT molecular complexity index is 1160. The van der Waals surface area contributed by atoms with Crippen LogP contribution in [0.25, 0.3) is 22.6 Å². The first kappa shape index (κ1) is 18.6. The Balaban J connectivity index is 1.64. The second-order valence-corrected chi connectivity index (χ2v) is 7.41. The number of amides is 1. The summed E-state index contributed by atoms with van der Waals surface area (Å²) in [6.45, 7) is 1.66. The number of hydrogen-bond acceptors (Lipinski definition) is 6. The molecule has 1 aromatic carbocycles. The summed E-state index contributed by atoms with van der Waals surface area (Å²) in [4.78, 5) is 21.6. The summed E-state index contributed by atoms with van der Waals surface area (Å²) in [6, 6.07) is 10.7. The van der Waals surface area contributed by atoms with E-state index in [1.54, 1.807) is 31.3 Å². The maximum atomic E-state index is 12.9. The summed E-state index contributed by atoms with van der Waals surface area (Å²) in [5, 5.41) is 9.72. The molecular formula is C19H12Cl2N4O2S. The summed E-state index contributed by atoms with van der Waals surface area (Å²) in [6.07, 6.45) is 1.69. The molecule has 4 aromatic rings. The van der Waals surface area contributed by atoms with E-state index in [-0.39, 0.29) is 5.56 Å². The highest BCUT2D eigenvalue weighted by Crippen LogP contribution is 2.36. The number of nitrogens with zero attached hydrogens (tertiary/aromatic N) is 3. The van der Waals surface area contributed by atoms with Gasteiger partial charge in [-0.1, -0.05) is 46.6 Å². The standard InChI is InChI=1S/C19H12Cl2N4O2S/c1-10-15(17(25-27-10)11-5-4-6-12(20)16(11)21)18(26)24-19-23-14(9-28-19)13-7-2-3-8-22-13/h2-9H,1H3,(H,23,24,26). The van der Waals surface area contributed by atoms with Crippen molar-refractivity contribution < 1.29 is 9.32 Å². The van der Waals surface area contributed by atoms with Crippen LogP contribution < -0.4 is 5.32 Å². The molecule has 0 aliphatic carbocycles. The number of anilines is 1. The van der Waals surface area contributed by atoms with Gasteiger partial charge in [-0.05, 0) is 25.1 Å². The van der Waals surface area contributed by atoms with E-state index in [1.807, 2.05) is 23.6 Å². The van der Waals surface area contributed by atoms with Crippen LogP contribution in [0.15, 0.2) is 52.5 Å². The average Bonchev–Trinajstić information content (AvgIpc) is 3.31. The molecule has 140 valence electrons. The van der Waals surface area contributed by atoms with Crippen molar-refractivity contribution >= 4 is 45.6 Å². The van der Waals surface area contributed by atoms with Gasteiger partial charge in [-0.3, -0.25) is 15.1 Å². The predicted molar refractivity (Wildman–Crippen MR) is 110 cm³/mol. The molecular weight excluding hydrogens is 419 g/mol. The van der Waals surface area contributed by atoms with Gasteiger partial charge in [-0.25, -0.2) is 4.98 Å². The highest BCUT2D eigenvalue weighted by atomic mass is 35.5. The normalized spacial score (nSPS) is 10.8. The first-order valence-electron chi connectivity index (χ1n) is 8.13. The first-order chi connectivity index (χ1) is 13.5. The van der Waals surface area contributed by atoms with Crippen molar-refractivity contribution in [2.45, 2.75) is 6.92 Å². The van der Waals surface area contributed by atoms with Crippen LogP contribution in [0.4, 0.5) is 5.13 Å². The van der Waals surface area contributed by atoms with Gasteiger partial charge in [0.2, 0.25) is 0 Å². The minimum absolute atomic E-state index is 0.277. The van der Waals surface area contributed by atoms with Crippen LogP contribution in [-0.2, 0) is 0 Å². The minimum atomic E-state index is -0.397. The maximum Gasteiger partial charge on any atom is 0.263 e. The van der Waals surface area contributed by atoms with E-state index in [1.165, 1.54) is 11.3 Å². The van der Waals surface area contributed by atoms with E-state index >= 15 is 0 Å². The zero-order valence-corrected chi connectivity index (χ0v) is 16.8. The number of benzene rings is 1. The number of carbonyl (C=O) groups is 1. The lowest BCUT2D eigenvalue weighted by molar-refractivity contribution is 0.102. The number of aromatic nitrogens is 3. The lowest BCUT2D eigenvalue weighted by Crippen LogP contribution is -2.13. The van der Waals surface area contributed by atoms with Crippen molar-refractivity contribution in [3.8, 4) is 22.6 Å². The van der Waals surface area contributed by atoms with Crippen molar-refractivity contribution in [1.82, 2.24) is 15.1 Å². The Hall–Kier alpha value is -2.74. The van der Waals surface area contributed by atoms with E-state index in [0.29, 0.717) is 37.9 Å². The fourth-order valence-corrected chi connectivity index (χ4v) is 3.72. The average molecular weight is 431 g/mol. The monoisotopic (exact) mass is 430 g/mol. The number of nitrogens with one attached hydrogen (secondary N) is 1. The second-order valence-electron chi connectivity index (χ2n) is 5.77. The van der Waals surface area contributed by atoms with Crippen molar-refractivity contribution in [3.05, 3.63) is 69.3 Å². The molecule has 3 heterocycles. The third kappa shape index (κ3) is 3.52. The van der Waals surface area contributed by atoms with Gasteiger partial charge in [0.05, 0.1) is 15.7 Å². The molecule has 0 radical (unpaired) electrons. The van der Waals surface area contributed by atoms with E-state index in [0.717, 1.165) is 5.69 Å². The fraction of sp³-hybridized carbons (Fsp3) is 0.0526. The molecule has 0 fully saturated rings. The Morgan fingerprint density at radius 2 is 2.00 bits per heavy atom. The van der Waals surface area contributed by atoms with E-state index in [4.69, 9.17) is 27.7 Å². The molecule has 1 N–H and O–H groups in total. The van der Waals surface area contributed by atoms with Gasteiger partial charge in [0, 0.05) is 17.1 Å². The molecule has 28 heavy (non-hydrogen) atoms. The van der Waals surface area contributed by atoms with Crippen molar-refractivity contribution in [1.29, 1.82) is 0 Å². The summed E-state index contributed by atoms with van der Waals surface area (Å²) in [5.74, 6) is -0.0308. The van der Waals surface area contributed by atoms with Crippen molar-refractivity contribution in [2.75, 3.05) is 5.32 Å². The SMILES string of the molecule is Cc1onc(-c2cccc(Cl)c2Cl)c1C(=O)Nc1nc(-c2ccccn2)cs1. The molecule has 9 heteroatoms. The summed E-state index contributed by atoms with van der Waals surface area (Å²) >= 11 is 13.7. The van der Waals surface area contributed by atoms with Crippen LogP contribution in [0.2, 0.25) is 10.0 Å². The van der Waals surface area contributed by atoms with E-state index < -0.39 is 5.91 Å². The van der Waals surface area contributed by atoms with Gasteiger partial charge in [0.15, 0.2) is 5.13 Å². The molecule has 0 atom stereocenters. The lowest BCUT2D eigenvalue weighted by Gasteiger charge is -2.05. The molecule has 0 saturated carbocycles. The quantitative estimate of drug-likeness (QED) is 0.447. The zero-order chi connectivity index (χ0) is 19.7. The molecule has 4 rings (SSSR count). The topological polar surface area (TPSA) is 80.9 Å². The smallest absolute Gasteiger partial charge is 0.263 e. The maximum absolute atomic E-state index is 12.9. The molecule has 0 saturated heterocycles. The molecule has 0 unspecified atom stereocenters. The number of halogens is 2. The Morgan fingerprint density at radius 1 is 1.14 bits per heavy atom. The van der Waals surface area contributed by atoms with Crippen LogP contribution in [0.3, 0.4) is 0 Å². The van der Waals surface area contributed by atoms with E-state index in [2.05, 4.69) is 20.4 Å². The predicted octanol–water partition coefficient (Wildman–Crippen LogP) is 5.73. The summed E-state index contributed by atoms with van der Waals surface area (Å²) in [5.41, 5.74) is 2.53. The largest absolute Gasteiger partial charge is 0.360 e. The molecule has 3 aromatic heterocycles. The fourth-order valence-electron chi connectivity index (χ4n) is 2.63. The van der Waals surface area contributed by atoms with Crippen molar-refractivity contribution in [3.63, 3.8) is 0 Å². The highest BCUT2D eigenvalue weighted by molar-refractivity contribution is 7.14. The zero-order valence-electron chi connectivity index (χ0n) is 14.4. The molecule has 0 bridgehead atoms. The molecule has 0 aliphatic heterocycles. The van der Waals surface area contributed by atoms with Crippen LogP contribution in [-0.4, -0.2) is 21.0 Å². The number of pyridine rings is 1. The second kappa shape index (κ2) is 7.71. The molecule has 1 amide bonds. The van der Waals surface area contributed by atoms with E-state index in [9.17, 15) is 4.79 Å². The van der Waals surface area contributed by atoms with Crippen molar-refractivity contribution in [2.24, 2.45) is 0 Å². The number of rotatable bonds is 4. The lowest BCUT2D eigenvalue weighted by atomic mass is 10.1. The van der Waals surface area contributed by atoms with Crippen LogP contribution in [0.5, 0.6) is 0 Å². The number of carbonyl (C=O) groups excluding carboxylic acids is 1. The van der Waals surface area contributed by atoms with Gasteiger partial charge in [0.25, 0.3) is 5.91 Å². The van der Waals surface area contributed by atoms with Gasteiger partial charge in [0.1, 0.15) is 22.7 Å². The highest BCUT2D eigenvalue weighted by Gasteiger charge is 2.24. The van der Waals surface area contributed by atoms with Crippen LogP contribution in [0.1, 0.15) is 16.1 Å². The number of thiazole rings is 1. The Morgan fingerprint density at radius 3 is 2.79 bits per heavy atom. The summed E-state index contributed by atoms with van der Waals surface area (Å²) < 4.78 is 5.24. The molecule has 0 spiro atoms. The van der Waals surface area contributed by atoms with Crippen LogP contribution in [0, 0.1) is 6.92 Å². The molecule has 6 nitrogen and oxygen atoms in total. The first-order valence-corrected chi connectivity index (χ1v) is 9.77. The number of aryl methyl sites for hydroxylation is 1. The van der Waals surface area contributed by atoms with Gasteiger partial charge in [-0.2, -0.15) is 0 Å². The van der Waals surface area contributed by atoms with Gasteiger partial charge in [-0.15, -0.1) is 11.3 Å². The van der Waals surface area contributed by atoms with Crippen LogP contribution >= 0.6 is 34.5 Å². The summed E-state index contributed by atoms with van der Waals surface area (Å²) in [7, 11) is 0. The van der Waals surface area contributed by atoms with Gasteiger partial charge < -0.3 is 4.52 Å².